The number of nitrogens with one attached hydrogen (secondary N) is 1. The molecule has 0 aliphatic carbocycles. The number of pyridine rings is 1. The van der Waals surface area contributed by atoms with Gasteiger partial charge < -0.3 is 15.0 Å². The standard InChI is InChI=1S/C16H29N3O/c1-5-15(6-2)19(11-12-20-4)16-14(13-17-7-3)9-8-10-18-16/h8-10,15,17H,5-7,11-13H2,1-4H3. The molecule has 1 aromatic rings. The van der Waals surface area contributed by atoms with Crippen LogP contribution in [0.2, 0.25) is 0 Å². The van der Waals surface area contributed by atoms with Gasteiger partial charge in [-0.05, 0) is 25.5 Å². The van der Waals surface area contributed by atoms with Gasteiger partial charge in [-0.2, -0.15) is 0 Å². The first-order chi connectivity index (χ1) is 9.78. The van der Waals surface area contributed by atoms with Crippen molar-refractivity contribution in [2.45, 2.75) is 46.2 Å². The minimum Gasteiger partial charge on any atom is -0.383 e. The Balaban J connectivity index is 2.98. The predicted molar refractivity (Wildman–Crippen MR) is 85.2 cm³/mol. The molecule has 1 heterocycles. The van der Waals surface area contributed by atoms with Crippen molar-refractivity contribution in [3.8, 4) is 0 Å². The number of aromatic nitrogens is 1. The van der Waals surface area contributed by atoms with Crippen LogP contribution in [0.15, 0.2) is 18.3 Å². The van der Waals surface area contributed by atoms with Gasteiger partial charge in [0.2, 0.25) is 0 Å². The van der Waals surface area contributed by atoms with Crippen molar-refractivity contribution in [3.05, 3.63) is 23.9 Å². The average molecular weight is 279 g/mol. The summed E-state index contributed by atoms with van der Waals surface area (Å²) in [7, 11) is 1.75. The van der Waals surface area contributed by atoms with E-state index in [1.165, 1.54) is 5.56 Å². The normalized spacial score (nSPS) is 11.1. The molecule has 0 saturated heterocycles. The highest BCUT2D eigenvalue weighted by atomic mass is 16.5. The summed E-state index contributed by atoms with van der Waals surface area (Å²) < 4.78 is 5.27. The summed E-state index contributed by atoms with van der Waals surface area (Å²) in [5.74, 6) is 1.10. The zero-order valence-electron chi connectivity index (χ0n) is 13.4. The first-order valence-corrected chi connectivity index (χ1v) is 7.68. The smallest absolute Gasteiger partial charge is 0.133 e. The van der Waals surface area contributed by atoms with Crippen LogP contribution in [0.5, 0.6) is 0 Å². The molecule has 4 heteroatoms. The SMILES string of the molecule is CCNCc1cccnc1N(CCOC)C(CC)CC. The Kier molecular flexibility index (Phi) is 8.23. The lowest BCUT2D eigenvalue weighted by Crippen LogP contribution is -2.38. The molecular formula is C16H29N3O. The fourth-order valence-corrected chi connectivity index (χ4v) is 2.47. The van der Waals surface area contributed by atoms with Crippen molar-refractivity contribution in [1.82, 2.24) is 10.3 Å². The van der Waals surface area contributed by atoms with Gasteiger partial charge in [-0.15, -0.1) is 0 Å². The highest BCUT2D eigenvalue weighted by Gasteiger charge is 2.19. The predicted octanol–water partition coefficient (Wildman–Crippen LogP) is 2.83. The highest BCUT2D eigenvalue weighted by molar-refractivity contribution is 5.47. The fourth-order valence-electron chi connectivity index (χ4n) is 2.47. The monoisotopic (exact) mass is 279 g/mol. The van der Waals surface area contributed by atoms with Crippen molar-refractivity contribution in [3.63, 3.8) is 0 Å². The first kappa shape index (κ1) is 16.9. The van der Waals surface area contributed by atoms with E-state index in [1.807, 2.05) is 12.3 Å². The van der Waals surface area contributed by atoms with Gasteiger partial charge in [0, 0.05) is 38.0 Å². The van der Waals surface area contributed by atoms with Crippen molar-refractivity contribution in [1.29, 1.82) is 0 Å². The van der Waals surface area contributed by atoms with E-state index in [9.17, 15) is 0 Å². The number of ether oxygens (including phenoxy) is 1. The molecule has 114 valence electrons. The van der Waals surface area contributed by atoms with Gasteiger partial charge in [0.1, 0.15) is 5.82 Å². The Hall–Kier alpha value is -1.13. The topological polar surface area (TPSA) is 37.4 Å². The molecule has 0 bridgehead atoms. The second kappa shape index (κ2) is 9.72. The lowest BCUT2D eigenvalue weighted by atomic mass is 10.1. The highest BCUT2D eigenvalue weighted by Crippen LogP contribution is 2.22. The maximum absolute atomic E-state index is 5.27. The third-order valence-electron chi connectivity index (χ3n) is 3.62. The maximum atomic E-state index is 5.27. The average Bonchev–Trinajstić information content (AvgIpc) is 2.50. The second-order valence-electron chi connectivity index (χ2n) is 4.92. The summed E-state index contributed by atoms with van der Waals surface area (Å²) in [5, 5.41) is 3.39. The molecule has 0 atom stereocenters. The molecule has 0 unspecified atom stereocenters. The van der Waals surface area contributed by atoms with Crippen molar-refractivity contribution in [2.75, 3.05) is 31.7 Å². The lowest BCUT2D eigenvalue weighted by molar-refractivity contribution is 0.202. The van der Waals surface area contributed by atoms with Crippen LogP contribution in [0.4, 0.5) is 5.82 Å². The van der Waals surface area contributed by atoms with Gasteiger partial charge >= 0.3 is 0 Å². The van der Waals surface area contributed by atoms with Crippen LogP contribution in [0.25, 0.3) is 0 Å². The molecule has 1 rings (SSSR count). The van der Waals surface area contributed by atoms with Crippen LogP contribution in [0.3, 0.4) is 0 Å². The van der Waals surface area contributed by atoms with Crippen molar-refractivity contribution in [2.24, 2.45) is 0 Å². The zero-order valence-corrected chi connectivity index (χ0v) is 13.4. The molecule has 0 spiro atoms. The van der Waals surface area contributed by atoms with Crippen LogP contribution in [-0.4, -0.2) is 37.8 Å². The van der Waals surface area contributed by atoms with Crippen LogP contribution in [0.1, 0.15) is 39.2 Å². The van der Waals surface area contributed by atoms with E-state index >= 15 is 0 Å². The maximum Gasteiger partial charge on any atom is 0.133 e. The number of methoxy groups -OCH3 is 1. The Morgan fingerprint density at radius 3 is 2.65 bits per heavy atom. The summed E-state index contributed by atoms with van der Waals surface area (Å²) in [4.78, 5) is 7.03. The Labute approximate surface area is 123 Å². The van der Waals surface area contributed by atoms with Crippen LogP contribution in [-0.2, 0) is 11.3 Å². The van der Waals surface area contributed by atoms with Gasteiger partial charge in [-0.25, -0.2) is 4.98 Å². The molecule has 20 heavy (non-hydrogen) atoms. The van der Waals surface area contributed by atoms with E-state index in [1.54, 1.807) is 7.11 Å². The van der Waals surface area contributed by atoms with E-state index in [0.29, 0.717) is 6.04 Å². The Morgan fingerprint density at radius 1 is 1.30 bits per heavy atom. The van der Waals surface area contributed by atoms with E-state index in [2.05, 4.69) is 42.0 Å². The number of hydrogen-bond acceptors (Lipinski definition) is 4. The van der Waals surface area contributed by atoms with Gasteiger partial charge in [0.05, 0.1) is 6.61 Å². The minimum absolute atomic E-state index is 0.514. The molecular weight excluding hydrogens is 250 g/mol. The molecule has 0 aliphatic rings. The largest absolute Gasteiger partial charge is 0.383 e. The lowest BCUT2D eigenvalue weighted by Gasteiger charge is -2.33. The molecule has 1 N–H and O–H groups in total. The van der Waals surface area contributed by atoms with E-state index in [4.69, 9.17) is 4.74 Å². The number of rotatable bonds is 10. The van der Waals surface area contributed by atoms with Gasteiger partial charge in [-0.1, -0.05) is 26.8 Å². The minimum atomic E-state index is 0.514. The summed E-state index contributed by atoms with van der Waals surface area (Å²) in [6, 6.07) is 4.69. The molecule has 0 fully saturated rings. The molecule has 0 radical (unpaired) electrons. The zero-order chi connectivity index (χ0) is 14.8. The number of hydrogen-bond donors (Lipinski definition) is 1. The summed E-state index contributed by atoms with van der Waals surface area (Å²) in [6.07, 6.45) is 4.13. The summed E-state index contributed by atoms with van der Waals surface area (Å²) in [5.41, 5.74) is 1.26. The van der Waals surface area contributed by atoms with Gasteiger partial charge in [0.15, 0.2) is 0 Å². The van der Waals surface area contributed by atoms with Crippen LogP contribution < -0.4 is 10.2 Å². The fraction of sp³-hybridized carbons (Fsp3) is 0.688. The molecule has 4 nitrogen and oxygen atoms in total. The first-order valence-electron chi connectivity index (χ1n) is 7.68. The molecule has 0 aromatic carbocycles. The van der Waals surface area contributed by atoms with Crippen LogP contribution in [0, 0.1) is 0 Å². The van der Waals surface area contributed by atoms with E-state index < -0.39 is 0 Å². The summed E-state index contributed by atoms with van der Waals surface area (Å²) >= 11 is 0. The molecule has 1 aromatic heterocycles. The van der Waals surface area contributed by atoms with Crippen molar-refractivity contribution < 1.29 is 4.74 Å². The molecule has 0 amide bonds. The number of nitrogens with zero attached hydrogens (tertiary/aromatic N) is 2. The molecule has 0 saturated carbocycles. The van der Waals surface area contributed by atoms with Gasteiger partial charge in [0.25, 0.3) is 0 Å². The van der Waals surface area contributed by atoms with Crippen molar-refractivity contribution >= 4 is 5.82 Å². The number of anilines is 1. The van der Waals surface area contributed by atoms with Gasteiger partial charge in [-0.3, -0.25) is 0 Å². The Bertz CT molecular complexity index is 366. The third kappa shape index (κ3) is 4.76. The van der Waals surface area contributed by atoms with E-state index in [0.717, 1.165) is 44.9 Å². The summed E-state index contributed by atoms with van der Waals surface area (Å²) in [6.45, 7) is 10.1. The van der Waals surface area contributed by atoms with E-state index in [-0.39, 0.29) is 0 Å². The Morgan fingerprint density at radius 2 is 2.05 bits per heavy atom. The quantitative estimate of drug-likeness (QED) is 0.714. The van der Waals surface area contributed by atoms with Crippen LogP contribution >= 0.6 is 0 Å². The molecule has 0 aliphatic heterocycles. The third-order valence-corrected chi connectivity index (χ3v) is 3.62. The second-order valence-corrected chi connectivity index (χ2v) is 4.92.